The fraction of sp³-hybridized carbons (Fsp3) is 0.143. The third-order valence-electron chi connectivity index (χ3n) is 2.72. The van der Waals surface area contributed by atoms with E-state index in [1.54, 1.807) is 0 Å². The lowest BCUT2D eigenvalue weighted by Crippen LogP contribution is -1.96. The number of halogens is 3. The minimum atomic E-state index is -0.868. The molecular weight excluding hydrogens is 257 g/mol. The van der Waals surface area contributed by atoms with E-state index in [0.717, 1.165) is 12.1 Å². The highest BCUT2D eigenvalue weighted by Crippen LogP contribution is 2.33. The highest BCUT2D eigenvalue weighted by molar-refractivity contribution is 5.67. The van der Waals surface area contributed by atoms with Crippen molar-refractivity contribution >= 4 is 0 Å². The quantitative estimate of drug-likeness (QED) is 0.843. The minimum absolute atomic E-state index is 0.0539. The number of benzene rings is 2. The summed E-state index contributed by atoms with van der Waals surface area (Å²) in [4.78, 5) is 0. The summed E-state index contributed by atoms with van der Waals surface area (Å²) in [7, 11) is 2.50. The molecule has 0 fully saturated rings. The van der Waals surface area contributed by atoms with Crippen LogP contribution in [0, 0.1) is 17.5 Å². The van der Waals surface area contributed by atoms with E-state index < -0.39 is 23.2 Å². The molecule has 0 saturated heterocycles. The van der Waals surface area contributed by atoms with Crippen LogP contribution < -0.4 is 9.47 Å². The van der Waals surface area contributed by atoms with E-state index in [1.807, 2.05) is 0 Å². The molecule has 2 aromatic rings. The van der Waals surface area contributed by atoms with Gasteiger partial charge in [-0.3, -0.25) is 0 Å². The Morgan fingerprint density at radius 3 is 2.16 bits per heavy atom. The summed E-state index contributed by atoms with van der Waals surface area (Å²) in [5, 5.41) is 0. The van der Waals surface area contributed by atoms with Gasteiger partial charge in [-0.15, -0.1) is 0 Å². The number of hydrogen-bond acceptors (Lipinski definition) is 2. The van der Waals surface area contributed by atoms with Crippen molar-refractivity contribution in [3.63, 3.8) is 0 Å². The van der Waals surface area contributed by atoms with Gasteiger partial charge in [-0.25, -0.2) is 13.2 Å². The van der Waals surface area contributed by atoms with Crippen molar-refractivity contribution in [3.8, 4) is 22.6 Å². The molecular formula is C14H11F3O2. The lowest BCUT2D eigenvalue weighted by Gasteiger charge is -2.10. The van der Waals surface area contributed by atoms with Gasteiger partial charge in [-0.2, -0.15) is 0 Å². The molecule has 0 bridgehead atoms. The molecule has 0 saturated carbocycles. The molecule has 0 aliphatic heterocycles. The minimum Gasteiger partial charge on any atom is -0.494 e. The normalized spacial score (nSPS) is 10.4. The molecule has 0 heterocycles. The van der Waals surface area contributed by atoms with E-state index in [4.69, 9.17) is 4.74 Å². The summed E-state index contributed by atoms with van der Waals surface area (Å²) in [6.45, 7) is 0. The maximum absolute atomic E-state index is 14.0. The first-order valence-corrected chi connectivity index (χ1v) is 5.44. The number of hydrogen-bond donors (Lipinski definition) is 0. The Labute approximate surface area is 108 Å². The van der Waals surface area contributed by atoms with Crippen molar-refractivity contribution < 1.29 is 22.6 Å². The van der Waals surface area contributed by atoms with Crippen molar-refractivity contribution in [1.29, 1.82) is 0 Å². The van der Waals surface area contributed by atoms with E-state index in [-0.39, 0.29) is 16.9 Å². The second kappa shape index (κ2) is 5.22. The van der Waals surface area contributed by atoms with Crippen LogP contribution in [0.25, 0.3) is 11.1 Å². The highest BCUT2D eigenvalue weighted by atomic mass is 19.1. The second-order valence-corrected chi connectivity index (χ2v) is 3.79. The van der Waals surface area contributed by atoms with Crippen LogP contribution in [0.1, 0.15) is 0 Å². The van der Waals surface area contributed by atoms with E-state index in [0.29, 0.717) is 0 Å². The standard InChI is InChI=1S/C14H11F3O2/c1-18-12-6-3-8(7-11(12)16)9-4-5-10(15)14(19-2)13(9)17/h3-7H,1-2H3. The molecule has 0 aliphatic carbocycles. The Bertz CT molecular complexity index is 612. The lowest BCUT2D eigenvalue weighted by atomic mass is 10.0. The maximum Gasteiger partial charge on any atom is 0.191 e. The topological polar surface area (TPSA) is 18.5 Å². The Hall–Kier alpha value is -2.17. The predicted molar refractivity (Wildman–Crippen MR) is 64.9 cm³/mol. The van der Waals surface area contributed by atoms with E-state index in [1.165, 1.54) is 32.4 Å². The highest BCUT2D eigenvalue weighted by Gasteiger charge is 2.16. The largest absolute Gasteiger partial charge is 0.494 e. The van der Waals surface area contributed by atoms with Gasteiger partial charge in [0.1, 0.15) is 0 Å². The monoisotopic (exact) mass is 268 g/mol. The number of rotatable bonds is 3. The van der Waals surface area contributed by atoms with Crippen LogP contribution in [-0.4, -0.2) is 14.2 Å². The third kappa shape index (κ3) is 2.36. The summed E-state index contributed by atoms with van der Waals surface area (Å²) < 4.78 is 50.3. The van der Waals surface area contributed by atoms with Crippen molar-refractivity contribution in [1.82, 2.24) is 0 Å². The van der Waals surface area contributed by atoms with Crippen molar-refractivity contribution in [2.45, 2.75) is 0 Å². The maximum atomic E-state index is 14.0. The van der Waals surface area contributed by atoms with Gasteiger partial charge in [0, 0.05) is 5.56 Å². The zero-order chi connectivity index (χ0) is 14.0. The van der Waals surface area contributed by atoms with Crippen molar-refractivity contribution in [2.75, 3.05) is 14.2 Å². The van der Waals surface area contributed by atoms with Gasteiger partial charge in [0.2, 0.25) is 0 Å². The third-order valence-corrected chi connectivity index (χ3v) is 2.72. The van der Waals surface area contributed by atoms with Crippen LogP contribution in [0.5, 0.6) is 11.5 Å². The van der Waals surface area contributed by atoms with Crippen molar-refractivity contribution in [2.24, 2.45) is 0 Å². The Balaban J connectivity index is 2.56. The van der Waals surface area contributed by atoms with E-state index in [9.17, 15) is 13.2 Å². The SMILES string of the molecule is COc1ccc(-c2ccc(F)c(OC)c2F)cc1F. The molecule has 2 aromatic carbocycles. The van der Waals surface area contributed by atoms with E-state index in [2.05, 4.69) is 4.74 Å². The summed E-state index contributed by atoms with van der Waals surface area (Å²) in [5.74, 6) is -2.74. The smallest absolute Gasteiger partial charge is 0.191 e. The molecule has 0 amide bonds. The molecule has 0 N–H and O–H groups in total. The van der Waals surface area contributed by atoms with Crippen LogP contribution in [-0.2, 0) is 0 Å². The Kier molecular flexibility index (Phi) is 3.64. The first-order valence-electron chi connectivity index (χ1n) is 5.44. The summed E-state index contributed by atoms with van der Waals surface area (Å²) in [6, 6.07) is 6.28. The Morgan fingerprint density at radius 2 is 1.58 bits per heavy atom. The molecule has 5 heteroatoms. The molecule has 100 valence electrons. The summed E-state index contributed by atoms with van der Waals surface area (Å²) in [5.41, 5.74) is 0.328. The average Bonchev–Trinajstić information content (AvgIpc) is 2.39. The Morgan fingerprint density at radius 1 is 0.842 bits per heavy atom. The fourth-order valence-corrected chi connectivity index (χ4v) is 1.78. The molecule has 19 heavy (non-hydrogen) atoms. The summed E-state index contributed by atoms with van der Waals surface area (Å²) in [6.07, 6.45) is 0. The molecule has 0 radical (unpaired) electrons. The van der Waals surface area contributed by atoms with Gasteiger partial charge in [0.25, 0.3) is 0 Å². The first kappa shape index (κ1) is 13.3. The van der Waals surface area contributed by atoms with Crippen LogP contribution in [0.2, 0.25) is 0 Å². The lowest BCUT2D eigenvalue weighted by molar-refractivity contribution is 0.360. The van der Waals surface area contributed by atoms with Crippen LogP contribution >= 0.6 is 0 Å². The van der Waals surface area contributed by atoms with Crippen molar-refractivity contribution in [3.05, 3.63) is 47.8 Å². The van der Waals surface area contributed by atoms with Gasteiger partial charge in [0.15, 0.2) is 29.0 Å². The molecule has 0 atom stereocenters. The predicted octanol–water partition coefficient (Wildman–Crippen LogP) is 3.79. The molecule has 0 unspecified atom stereocenters. The zero-order valence-corrected chi connectivity index (χ0v) is 10.3. The van der Waals surface area contributed by atoms with Gasteiger partial charge >= 0.3 is 0 Å². The van der Waals surface area contributed by atoms with Crippen LogP contribution in [0.3, 0.4) is 0 Å². The molecule has 0 aromatic heterocycles. The van der Waals surface area contributed by atoms with Crippen LogP contribution in [0.15, 0.2) is 30.3 Å². The molecule has 0 spiro atoms. The van der Waals surface area contributed by atoms with Gasteiger partial charge < -0.3 is 9.47 Å². The molecule has 2 rings (SSSR count). The summed E-state index contributed by atoms with van der Waals surface area (Å²) >= 11 is 0. The van der Waals surface area contributed by atoms with Gasteiger partial charge in [-0.1, -0.05) is 6.07 Å². The fourth-order valence-electron chi connectivity index (χ4n) is 1.78. The first-order chi connectivity index (χ1) is 9.08. The second-order valence-electron chi connectivity index (χ2n) is 3.79. The number of ether oxygens (including phenoxy) is 2. The van der Waals surface area contributed by atoms with Gasteiger partial charge in [-0.05, 0) is 29.8 Å². The van der Waals surface area contributed by atoms with Gasteiger partial charge in [0.05, 0.1) is 14.2 Å². The number of methoxy groups -OCH3 is 2. The zero-order valence-electron chi connectivity index (χ0n) is 10.3. The van der Waals surface area contributed by atoms with Crippen LogP contribution in [0.4, 0.5) is 13.2 Å². The molecule has 2 nitrogen and oxygen atoms in total. The average molecular weight is 268 g/mol. The van der Waals surface area contributed by atoms with E-state index >= 15 is 0 Å². The molecule has 0 aliphatic rings.